The molecule has 0 fully saturated rings. The van der Waals surface area contributed by atoms with Crippen LogP contribution in [0.3, 0.4) is 0 Å². The largest absolute Gasteiger partial charge is 0.388 e. The van der Waals surface area contributed by atoms with Gasteiger partial charge in [-0.05, 0) is 12.8 Å². The summed E-state index contributed by atoms with van der Waals surface area (Å²) in [6.45, 7) is 5.79. The molecular weight excluding hydrogens is 188 g/mol. The second-order valence-electron chi connectivity index (χ2n) is 3.24. The van der Waals surface area contributed by atoms with Crippen LogP contribution >= 0.6 is 11.6 Å². The van der Waals surface area contributed by atoms with Gasteiger partial charge in [-0.1, -0.05) is 25.4 Å². The minimum Gasteiger partial charge on any atom is -0.388 e. The van der Waals surface area contributed by atoms with E-state index in [1.54, 1.807) is 0 Å². The first kappa shape index (κ1) is 10.4. The van der Waals surface area contributed by atoms with Crippen LogP contribution in [-0.4, -0.2) is 15.1 Å². The minimum absolute atomic E-state index is 0.168. The van der Waals surface area contributed by atoms with Gasteiger partial charge in [0.15, 0.2) is 5.82 Å². The molecule has 4 heteroatoms. The molecule has 13 heavy (non-hydrogen) atoms. The molecule has 1 aromatic heterocycles. The van der Waals surface area contributed by atoms with E-state index >= 15 is 0 Å². The lowest BCUT2D eigenvalue weighted by Crippen LogP contribution is -2.04. The molecule has 0 bridgehead atoms. The van der Waals surface area contributed by atoms with Gasteiger partial charge in [0, 0.05) is 11.3 Å². The second kappa shape index (κ2) is 4.03. The average molecular weight is 201 g/mol. The van der Waals surface area contributed by atoms with Crippen molar-refractivity contribution >= 4 is 11.6 Å². The third-order valence-electron chi connectivity index (χ3n) is 1.85. The Kier molecular flexibility index (Phi) is 3.22. The third-order valence-corrected chi connectivity index (χ3v) is 2.14. The summed E-state index contributed by atoms with van der Waals surface area (Å²) in [4.78, 5) is 8.11. The Balaban J connectivity index is 3.23. The van der Waals surface area contributed by atoms with Gasteiger partial charge < -0.3 is 5.11 Å². The lowest BCUT2D eigenvalue weighted by atomic mass is 10.0. The minimum atomic E-state index is -0.168. The van der Waals surface area contributed by atoms with Gasteiger partial charge in [0.05, 0.1) is 0 Å². The highest BCUT2D eigenvalue weighted by Gasteiger charge is 2.12. The number of aryl methyl sites for hydroxylation is 1. The van der Waals surface area contributed by atoms with Crippen molar-refractivity contribution in [3.05, 3.63) is 22.2 Å². The van der Waals surface area contributed by atoms with Crippen molar-refractivity contribution < 1.29 is 5.11 Å². The summed E-state index contributed by atoms with van der Waals surface area (Å²) in [5.41, 5.74) is 1.80. The Labute approximate surface area is 82.8 Å². The van der Waals surface area contributed by atoms with Gasteiger partial charge in [-0.2, -0.15) is 0 Å². The maximum Gasteiger partial charge on any atom is 0.155 e. The molecule has 0 aliphatic carbocycles. The van der Waals surface area contributed by atoms with Crippen molar-refractivity contribution in [2.24, 2.45) is 0 Å². The van der Waals surface area contributed by atoms with Crippen LogP contribution in [0.4, 0.5) is 0 Å². The molecule has 1 rings (SSSR count). The van der Waals surface area contributed by atoms with Crippen LogP contribution in [0.1, 0.15) is 36.8 Å². The third kappa shape index (κ3) is 2.17. The summed E-state index contributed by atoms with van der Waals surface area (Å²) in [5.74, 6) is 0.687. The van der Waals surface area contributed by atoms with E-state index in [0.29, 0.717) is 16.9 Å². The van der Waals surface area contributed by atoms with E-state index in [1.165, 1.54) is 0 Å². The Hall–Kier alpha value is -0.670. The Morgan fingerprint density at radius 1 is 1.38 bits per heavy atom. The van der Waals surface area contributed by atoms with Gasteiger partial charge in [-0.25, -0.2) is 9.97 Å². The molecule has 0 aromatic carbocycles. The van der Waals surface area contributed by atoms with E-state index in [9.17, 15) is 0 Å². The first-order valence-corrected chi connectivity index (χ1v) is 4.57. The Bertz CT molecular complexity index is 289. The molecule has 1 N–H and O–H groups in total. The highest BCUT2D eigenvalue weighted by atomic mass is 35.5. The second-order valence-corrected chi connectivity index (χ2v) is 3.60. The van der Waals surface area contributed by atoms with Crippen LogP contribution in [0.2, 0.25) is 5.15 Å². The summed E-state index contributed by atoms with van der Waals surface area (Å²) in [7, 11) is 0. The fourth-order valence-corrected chi connectivity index (χ4v) is 1.78. The van der Waals surface area contributed by atoms with E-state index in [2.05, 4.69) is 9.97 Å². The number of hydrogen-bond acceptors (Lipinski definition) is 3. The zero-order chi connectivity index (χ0) is 10.0. The van der Waals surface area contributed by atoms with Crippen LogP contribution in [0, 0.1) is 6.92 Å². The summed E-state index contributed by atoms with van der Waals surface area (Å²) in [6, 6.07) is 0. The van der Waals surface area contributed by atoms with Gasteiger partial charge >= 0.3 is 0 Å². The number of halogens is 1. The van der Waals surface area contributed by atoms with Crippen molar-refractivity contribution in [2.45, 2.75) is 33.3 Å². The number of aliphatic hydroxyl groups excluding tert-OH is 1. The van der Waals surface area contributed by atoms with Crippen molar-refractivity contribution in [1.82, 2.24) is 9.97 Å². The molecule has 0 amide bonds. The van der Waals surface area contributed by atoms with E-state index in [-0.39, 0.29) is 6.61 Å². The molecular formula is C9H13ClN2O. The fraction of sp³-hybridized carbons (Fsp3) is 0.556. The zero-order valence-corrected chi connectivity index (χ0v) is 8.76. The van der Waals surface area contributed by atoms with Crippen molar-refractivity contribution in [3.8, 4) is 0 Å². The molecule has 0 atom stereocenters. The van der Waals surface area contributed by atoms with Crippen molar-refractivity contribution in [2.75, 3.05) is 0 Å². The quantitative estimate of drug-likeness (QED) is 0.744. The SMILES string of the molecule is Cc1nc(CO)nc(Cl)c1C(C)C. The van der Waals surface area contributed by atoms with Gasteiger partial charge in [-0.3, -0.25) is 0 Å². The molecule has 0 aliphatic heterocycles. The van der Waals surface area contributed by atoms with Crippen LogP contribution in [0.25, 0.3) is 0 Å². The maximum absolute atomic E-state index is 8.83. The number of aliphatic hydroxyl groups is 1. The lowest BCUT2D eigenvalue weighted by molar-refractivity contribution is 0.271. The molecule has 0 saturated heterocycles. The van der Waals surface area contributed by atoms with Crippen molar-refractivity contribution in [1.29, 1.82) is 0 Å². The normalized spacial score (nSPS) is 10.9. The molecule has 0 unspecified atom stereocenters. The molecule has 1 aromatic rings. The summed E-state index contributed by atoms with van der Waals surface area (Å²) >= 11 is 5.95. The molecule has 3 nitrogen and oxygen atoms in total. The smallest absolute Gasteiger partial charge is 0.155 e. The maximum atomic E-state index is 8.83. The Morgan fingerprint density at radius 2 is 2.00 bits per heavy atom. The summed E-state index contributed by atoms with van der Waals surface area (Å²) in [6.07, 6.45) is 0. The molecule has 0 saturated carbocycles. The predicted octanol–water partition coefficient (Wildman–Crippen LogP) is 2.05. The average Bonchev–Trinajstić information content (AvgIpc) is 2.02. The van der Waals surface area contributed by atoms with Gasteiger partial charge in [0.1, 0.15) is 11.8 Å². The molecule has 0 aliphatic rings. The highest BCUT2D eigenvalue weighted by molar-refractivity contribution is 6.30. The zero-order valence-electron chi connectivity index (χ0n) is 8.00. The lowest BCUT2D eigenvalue weighted by Gasteiger charge is -2.11. The number of aromatic nitrogens is 2. The first-order valence-electron chi connectivity index (χ1n) is 4.20. The monoisotopic (exact) mass is 200 g/mol. The van der Waals surface area contributed by atoms with E-state index < -0.39 is 0 Å². The van der Waals surface area contributed by atoms with Crippen LogP contribution in [0.15, 0.2) is 0 Å². The molecule has 0 radical (unpaired) electrons. The van der Waals surface area contributed by atoms with Crippen LogP contribution < -0.4 is 0 Å². The van der Waals surface area contributed by atoms with E-state index in [1.807, 2.05) is 20.8 Å². The molecule has 72 valence electrons. The van der Waals surface area contributed by atoms with Gasteiger partial charge in [0.2, 0.25) is 0 Å². The van der Waals surface area contributed by atoms with Gasteiger partial charge in [0.25, 0.3) is 0 Å². The summed E-state index contributed by atoms with van der Waals surface area (Å²) in [5, 5.41) is 9.28. The molecule has 1 heterocycles. The molecule has 0 spiro atoms. The predicted molar refractivity (Wildman–Crippen MR) is 51.8 cm³/mol. The first-order chi connectivity index (χ1) is 6.06. The summed E-state index contributed by atoms with van der Waals surface area (Å²) < 4.78 is 0. The number of hydrogen-bond donors (Lipinski definition) is 1. The van der Waals surface area contributed by atoms with E-state index in [4.69, 9.17) is 16.7 Å². The fourth-order valence-electron chi connectivity index (χ4n) is 1.33. The van der Waals surface area contributed by atoms with Crippen LogP contribution in [0.5, 0.6) is 0 Å². The topological polar surface area (TPSA) is 46.0 Å². The van der Waals surface area contributed by atoms with E-state index in [0.717, 1.165) is 11.3 Å². The highest BCUT2D eigenvalue weighted by Crippen LogP contribution is 2.24. The van der Waals surface area contributed by atoms with Crippen molar-refractivity contribution in [3.63, 3.8) is 0 Å². The number of rotatable bonds is 2. The number of nitrogens with zero attached hydrogens (tertiary/aromatic N) is 2. The Morgan fingerprint density at radius 3 is 2.38 bits per heavy atom. The van der Waals surface area contributed by atoms with Gasteiger partial charge in [-0.15, -0.1) is 0 Å². The van der Waals surface area contributed by atoms with Crippen LogP contribution in [-0.2, 0) is 6.61 Å². The standard InChI is InChI=1S/C9H13ClN2O/c1-5(2)8-6(3)11-7(4-13)12-9(8)10/h5,13H,4H2,1-3H3.